The molecular weight excluding hydrogens is 430 g/mol. The molecule has 2 heterocycles. The number of benzene rings is 2. The lowest BCUT2D eigenvalue weighted by Gasteiger charge is -2.13. The molecule has 0 atom stereocenters. The summed E-state index contributed by atoms with van der Waals surface area (Å²) in [7, 11) is 3.07. The summed E-state index contributed by atoms with van der Waals surface area (Å²) in [5.74, 6) is 0.866. The number of nitrogens with zero attached hydrogens (tertiary/aromatic N) is 3. The molecular formula is C22H21N5O4S. The Morgan fingerprint density at radius 2 is 2.03 bits per heavy atom. The minimum atomic E-state index is -0.270. The van der Waals surface area contributed by atoms with E-state index in [0.717, 1.165) is 17.3 Å². The van der Waals surface area contributed by atoms with Gasteiger partial charge in [0.1, 0.15) is 16.9 Å². The smallest absolute Gasteiger partial charge is 0.269 e. The Hall–Kier alpha value is -3.79. The van der Waals surface area contributed by atoms with Gasteiger partial charge >= 0.3 is 0 Å². The number of aromatic nitrogens is 4. The van der Waals surface area contributed by atoms with Gasteiger partial charge in [0.2, 0.25) is 5.91 Å². The van der Waals surface area contributed by atoms with E-state index >= 15 is 0 Å². The molecule has 0 fully saturated rings. The van der Waals surface area contributed by atoms with Crippen LogP contribution in [-0.2, 0) is 4.79 Å². The van der Waals surface area contributed by atoms with Gasteiger partial charge in [-0.15, -0.1) is 0 Å². The summed E-state index contributed by atoms with van der Waals surface area (Å²) in [6.45, 7) is 1.95. The van der Waals surface area contributed by atoms with Crippen molar-refractivity contribution in [2.24, 2.45) is 0 Å². The van der Waals surface area contributed by atoms with Gasteiger partial charge < -0.3 is 14.8 Å². The van der Waals surface area contributed by atoms with E-state index in [-0.39, 0.29) is 17.2 Å². The van der Waals surface area contributed by atoms with Gasteiger partial charge in [-0.3, -0.25) is 19.3 Å². The first-order valence-corrected chi connectivity index (χ1v) is 10.7. The monoisotopic (exact) mass is 451 g/mol. The van der Waals surface area contributed by atoms with E-state index in [1.807, 2.05) is 31.2 Å². The third-order valence-electron chi connectivity index (χ3n) is 4.73. The topological polar surface area (TPSA) is 111 Å². The van der Waals surface area contributed by atoms with Crippen molar-refractivity contribution in [2.75, 3.05) is 25.3 Å². The zero-order valence-corrected chi connectivity index (χ0v) is 18.5. The maximum atomic E-state index is 13.1. The number of anilines is 1. The van der Waals surface area contributed by atoms with Gasteiger partial charge in [0.05, 0.1) is 37.5 Å². The van der Waals surface area contributed by atoms with Crippen LogP contribution >= 0.6 is 11.8 Å². The molecule has 2 aromatic carbocycles. The first kappa shape index (κ1) is 21.4. The molecule has 0 radical (unpaired) electrons. The van der Waals surface area contributed by atoms with Crippen molar-refractivity contribution >= 4 is 34.4 Å². The Kier molecular flexibility index (Phi) is 6.13. The predicted molar refractivity (Wildman–Crippen MR) is 123 cm³/mol. The van der Waals surface area contributed by atoms with Gasteiger partial charge in [0.25, 0.3) is 5.56 Å². The molecule has 10 heteroatoms. The number of hydrogen-bond donors (Lipinski definition) is 2. The van der Waals surface area contributed by atoms with Crippen LogP contribution in [0.3, 0.4) is 0 Å². The van der Waals surface area contributed by atoms with E-state index in [9.17, 15) is 9.59 Å². The summed E-state index contributed by atoms with van der Waals surface area (Å²) in [5, 5.41) is 10.2. The molecule has 1 amide bonds. The van der Waals surface area contributed by atoms with Crippen molar-refractivity contribution < 1.29 is 14.3 Å². The molecule has 0 aliphatic carbocycles. The summed E-state index contributed by atoms with van der Waals surface area (Å²) < 4.78 is 12.0. The summed E-state index contributed by atoms with van der Waals surface area (Å²) in [6, 6.07) is 12.7. The van der Waals surface area contributed by atoms with Crippen molar-refractivity contribution in [3.8, 4) is 17.2 Å². The minimum absolute atomic E-state index is 0.0348. The second-order valence-electron chi connectivity index (χ2n) is 6.91. The fourth-order valence-electron chi connectivity index (χ4n) is 3.18. The van der Waals surface area contributed by atoms with Crippen molar-refractivity contribution in [2.45, 2.75) is 12.1 Å². The van der Waals surface area contributed by atoms with Crippen LogP contribution in [0.1, 0.15) is 5.56 Å². The number of amides is 1. The Labute approximate surface area is 187 Å². The average Bonchev–Trinajstić information content (AvgIpc) is 3.27. The third-order valence-corrected chi connectivity index (χ3v) is 5.67. The SMILES string of the molecule is COc1ccc(NC(=O)CSc2nc3[nH]ncc3c(=O)n2-c2cccc(C)c2)c(OC)c1. The van der Waals surface area contributed by atoms with Crippen LogP contribution in [0.25, 0.3) is 16.7 Å². The van der Waals surface area contributed by atoms with Gasteiger partial charge in [-0.05, 0) is 36.8 Å². The van der Waals surface area contributed by atoms with E-state index < -0.39 is 0 Å². The van der Waals surface area contributed by atoms with Gasteiger partial charge in [-0.2, -0.15) is 5.10 Å². The van der Waals surface area contributed by atoms with Crippen LogP contribution < -0.4 is 20.3 Å². The van der Waals surface area contributed by atoms with Gasteiger partial charge in [-0.25, -0.2) is 4.98 Å². The maximum absolute atomic E-state index is 13.1. The number of hydrogen-bond acceptors (Lipinski definition) is 7. The normalized spacial score (nSPS) is 10.8. The Morgan fingerprint density at radius 3 is 2.78 bits per heavy atom. The Balaban J connectivity index is 1.61. The van der Waals surface area contributed by atoms with Crippen LogP contribution in [0.4, 0.5) is 5.69 Å². The number of methoxy groups -OCH3 is 2. The van der Waals surface area contributed by atoms with E-state index in [0.29, 0.717) is 39.1 Å². The lowest BCUT2D eigenvalue weighted by Crippen LogP contribution is -2.22. The molecule has 2 aromatic heterocycles. The zero-order valence-electron chi connectivity index (χ0n) is 17.7. The fraction of sp³-hybridized carbons (Fsp3) is 0.182. The van der Waals surface area contributed by atoms with Gasteiger partial charge in [0.15, 0.2) is 10.8 Å². The van der Waals surface area contributed by atoms with E-state index in [1.54, 1.807) is 25.3 Å². The molecule has 0 saturated carbocycles. The van der Waals surface area contributed by atoms with Crippen molar-refractivity contribution in [3.63, 3.8) is 0 Å². The second-order valence-corrected chi connectivity index (χ2v) is 7.85. The van der Waals surface area contributed by atoms with Crippen molar-refractivity contribution in [1.29, 1.82) is 0 Å². The van der Waals surface area contributed by atoms with Crippen LogP contribution in [0.15, 0.2) is 58.6 Å². The second kappa shape index (κ2) is 9.15. The number of rotatable bonds is 7. The third kappa shape index (κ3) is 4.30. The molecule has 32 heavy (non-hydrogen) atoms. The number of aryl methyl sites for hydroxylation is 1. The number of carbonyl (C=O) groups excluding carboxylic acids is 1. The first-order valence-electron chi connectivity index (χ1n) is 9.68. The molecule has 0 aliphatic heterocycles. The van der Waals surface area contributed by atoms with Crippen LogP contribution in [0, 0.1) is 6.92 Å². The number of H-pyrrole nitrogens is 1. The first-order chi connectivity index (χ1) is 15.5. The lowest BCUT2D eigenvalue weighted by molar-refractivity contribution is -0.113. The zero-order chi connectivity index (χ0) is 22.7. The van der Waals surface area contributed by atoms with Gasteiger partial charge in [-0.1, -0.05) is 23.9 Å². The van der Waals surface area contributed by atoms with Crippen LogP contribution in [-0.4, -0.2) is 45.6 Å². The predicted octanol–water partition coefficient (Wildman–Crippen LogP) is 3.17. The lowest BCUT2D eigenvalue weighted by atomic mass is 10.2. The quantitative estimate of drug-likeness (QED) is 0.328. The molecule has 0 unspecified atom stereocenters. The molecule has 4 rings (SSSR count). The molecule has 4 aromatic rings. The Bertz CT molecular complexity index is 1350. The standard InChI is InChI=1S/C22H21N5O4S/c1-13-5-4-6-14(9-13)27-21(29)16-11-23-26-20(16)25-22(27)32-12-19(28)24-17-8-7-15(30-2)10-18(17)31-3/h4-11H,12H2,1-3H3,(H,23,26)(H,24,28). The summed E-state index contributed by atoms with van der Waals surface area (Å²) in [6.07, 6.45) is 1.45. The van der Waals surface area contributed by atoms with Crippen molar-refractivity contribution in [1.82, 2.24) is 19.7 Å². The minimum Gasteiger partial charge on any atom is -0.497 e. The molecule has 2 N–H and O–H groups in total. The Morgan fingerprint density at radius 1 is 1.19 bits per heavy atom. The van der Waals surface area contributed by atoms with E-state index in [2.05, 4.69) is 20.5 Å². The average molecular weight is 452 g/mol. The fourth-order valence-corrected chi connectivity index (χ4v) is 3.99. The van der Waals surface area contributed by atoms with Gasteiger partial charge in [0, 0.05) is 6.07 Å². The number of carbonyl (C=O) groups is 1. The summed E-state index contributed by atoms with van der Waals surface area (Å²) in [4.78, 5) is 30.3. The summed E-state index contributed by atoms with van der Waals surface area (Å²) in [5.41, 5.74) is 2.31. The highest BCUT2D eigenvalue weighted by Gasteiger charge is 2.17. The van der Waals surface area contributed by atoms with Crippen LogP contribution in [0.5, 0.6) is 11.5 Å². The highest BCUT2D eigenvalue weighted by Crippen LogP contribution is 2.29. The maximum Gasteiger partial charge on any atom is 0.269 e. The van der Waals surface area contributed by atoms with Crippen LogP contribution in [0.2, 0.25) is 0 Å². The molecule has 0 spiro atoms. The largest absolute Gasteiger partial charge is 0.497 e. The number of ether oxygens (including phenoxy) is 2. The number of aromatic amines is 1. The molecule has 0 aliphatic rings. The number of fused-ring (bicyclic) bond motifs is 1. The van der Waals surface area contributed by atoms with E-state index in [4.69, 9.17) is 9.47 Å². The molecule has 9 nitrogen and oxygen atoms in total. The molecule has 164 valence electrons. The number of nitrogens with one attached hydrogen (secondary N) is 2. The molecule has 0 bridgehead atoms. The van der Waals surface area contributed by atoms with Crippen molar-refractivity contribution in [3.05, 3.63) is 64.6 Å². The molecule has 0 saturated heterocycles. The number of thioether (sulfide) groups is 1. The summed E-state index contributed by atoms with van der Waals surface area (Å²) >= 11 is 1.16. The van der Waals surface area contributed by atoms with E-state index in [1.165, 1.54) is 17.9 Å². The highest BCUT2D eigenvalue weighted by atomic mass is 32.2. The highest BCUT2D eigenvalue weighted by molar-refractivity contribution is 7.99.